The number of fused-ring (bicyclic) bond motifs is 1. The van der Waals surface area contributed by atoms with Crippen molar-refractivity contribution in [2.75, 3.05) is 31.1 Å². The summed E-state index contributed by atoms with van der Waals surface area (Å²) in [4.78, 5) is 22.1. The second-order valence-corrected chi connectivity index (χ2v) is 7.55. The van der Waals surface area contributed by atoms with E-state index in [1.54, 1.807) is 4.68 Å². The van der Waals surface area contributed by atoms with Gasteiger partial charge in [0.05, 0.1) is 11.4 Å². The molecule has 0 saturated carbocycles. The highest BCUT2D eigenvalue weighted by molar-refractivity contribution is 5.94. The fraction of sp³-hybridized carbons (Fsp3) is 0.208. The minimum absolute atomic E-state index is 0.0185. The lowest BCUT2D eigenvalue weighted by atomic mass is 10.1. The molecule has 4 aromatic rings. The summed E-state index contributed by atoms with van der Waals surface area (Å²) in [6, 6.07) is 22.0. The van der Waals surface area contributed by atoms with Crippen molar-refractivity contribution in [3.05, 3.63) is 84.3 Å². The highest BCUT2D eigenvalue weighted by atomic mass is 16.2. The highest BCUT2D eigenvalue weighted by Crippen LogP contribution is 2.25. The number of pyridine rings is 1. The molecular formula is C24H23N5O. The number of carbonyl (C=O) groups is 1. The van der Waals surface area contributed by atoms with Crippen molar-refractivity contribution in [2.45, 2.75) is 6.92 Å². The Bertz CT molecular complexity index is 1190. The lowest BCUT2D eigenvalue weighted by Gasteiger charge is -2.35. The third-order valence-electron chi connectivity index (χ3n) is 5.57. The largest absolute Gasteiger partial charge is 0.353 e. The molecule has 6 nitrogen and oxygen atoms in total. The first-order valence-corrected chi connectivity index (χ1v) is 10.2. The zero-order chi connectivity index (χ0) is 20.5. The number of piperazine rings is 1. The third-order valence-corrected chi connectivity index (χ3v) is 5.57. The zero-order valence-corrected chi connectivity index (χ0v) is 16.9. The van der Waals surface area contributed by atoms with Gasteiger partial charge in [0.25, 0.3) is 5.91 Å². The zero-order valence-electron chi connectivity index (χ0n) is 16.9. The summed E-state index contributed by atoms with van der Waals surface area (Å²) in [6.07, 6.45) is 1.86. The smallest absolute Gasteiger partial charge is 0.272 e. The quantitative estimate of drug-likeness (QED) is 0.529. The number of nitrogens with zero attached hydrogens (tertiary/aromatic N) is 5. The van der Waals surface area contributed by atoms with E-state index in [-0.39, 0.29) is 5.91 Å². The molecule has 1 fully saturated rings. The molecule has 0 N–H and O–H groups in total. The van der Waals surface area contributed by atoms with Crippen molar-refractivity contribution in [1.29, 1.82) is 0 Å². The van der Waals surface area contributed by atoms with Gasteiger partial charge in [-0.1, -0.05) is 42.5 Å². The normalized spacial score (nSPS) is 14.3. The minimum atomic E-state index is 0.0185. The lowest BCUT2D eigenvalue weighted by Crippen LogP contribution is -2.49. The lowest BCUT2D eigenvalue weighted by molar-refractivity contribution is 0.0737. The number of amides is 1. The predicted octanol–water partition coefficient (Wildman–Crippen LogP) is 3.69. The number of hydrogen-bond donors (Lipinski definition) is 0. The number of carbonyl (C=O) groups excluding carboxylic acids is 1. The molecule has 0 atom stereocenters. The molecule has 3 heterocycles. The van der Waals surface area contributed by atoms with Crippen LogP contribution in [0.5, 0.6) is 0 Å². The van der Waals surface area contributed by atoms with Crippen molar-refractivity contribution in [1.82, 2.24) is 19.7 Å². The molecule has 1 amide bonds. The monoisotopic (exact) mass is 397 g/mol. The molecule has 0 radical (unpaired) electrons. The SMILES string of the molecule is Cc1cc(C(=O)N2CCN(c3nccc4ccccc34)CC2)n(-c2ccccc2)n1. The standard InChI is InChI=1S/C24H23N5O/c1-18-17-22(29(26-18)20-8-3-2-4-9-20)24(30)28-15-13-27(14-16-28)23-21-10-6-5-7-19(21)11-12-25-23/h2-12,17H,13-16H2,1H3. The number of aryl methyl sites for hydroxylation is 1. The van der Waals surface area contributed by atoms with E-state index in [4.69, 9.17) is 0 Å². The van der Waals surface area contributed by atoms with E-state index < -0.39 is 0 Å². The van der Waals surface area contributed by atoms with Gasteiger partial charge in [-0.05, 0) is 36.6 Å². The van der Waals surface area contributed by atoms with Gasteiger partial charge in [-0.15, -0.1) is 0 Å². The van der Waals surface area contributed by atoms with Crippen LogP contribution < -0.4 is 4.90 Å². The van der Waals surface area contributed by atoms with Crippen LogP contribution in [0.15, 0.2) is 72.9 Å². The Morgan fingerprint density at radius 3 is 2.43 bits per heavy atom. The van der Waals surface area contributed by atoms with E-state index in [9.17, 15) is 4.79 Å². The van der Waals surface area contributed by atoms with Crippen LogP contribution in [0, 0.1) is 6.92 Å². The van der Waals surface area contributed by atoms with Crippen molar-refractivity contribution >= 4 is 22.5 Å². The van der Waals surface area contributed by atoms with Crippen molar-refractivity contribution in [3.8, 4) is 5.69 Å². The number of hydrogen-bond acceptors (Lipinski definition) is 4. The van der Waals surface area contributed by atoms with Crippen LogP contribution in [0.1, 0.15) is 16.2 Å². The second kappa shape index (κ2) is 7.63. The summed E-state index contributed by atoms with van der Waals surface area (Å²) in [5, 5.41) is 6.88. The first-order valence-electron chi connectivity index (χ1n) is 10.2. The molecule has 1 aliphatic rings. The van der Waals surface area contributed by atoms with E-state index in [2.05, 4.69) is 27.1 Å². The van der Waals surface area contributed by atoms with E-state index in [1.165, 1.54) is 5.39 Å². The molecule has 150 valence electrons. The van der Waals surface area contributed by atoms with Gasteiger partial charge < -0.3 is 9.80 Å². The van der Waals surface area contributed by atoms with Crippen molar-refractivity contribution < 1.29 is 4.79 Å². The van der Waals surface area contributed by atoms with Crippen molar-refractivity contribution in [2.24, 2.45) is 0 Å². The first kappa shape index (κ1) is 18.4. The molecule has 30 heavy (non-hydrogen) atoms. The van der Waals surface area contributed by atoms with Gasteiger partial charge >= 0.3 is 0 Å². The number of anilines is 1. The first-order chi connectivity index (χ1) is 14.7. The van der Waals surface area contributed by atoms with Crippen molar-refractivity contribution in [3.63, 3.8) is 0 Å². The van der Waals surface area contributed by atoms with Gasteiger partial charge in [0, 0.05) is 37.8 Å². The van der Waals surface area contributed by atoms with Gasteiger partial charge in [-0.3, -0.25) is 4.79 Å². The fourth-order valence-electron chi connectivity index (χ4n) is 4.06. The molecule has 0 unspecified atom stereocenters. The number of para-hydroxylation sites is 1. The Kier molecular flexibility index (Phi) is 4.67. The molecule has 1 aliphatic heterocycles. The number of aromatic nitrogens is 3. The molecule has 1 saturated heterocycles. The maximum absolute atomic E-state index is 13.3. The second-order valence-electron chi connectivity index (χ2n) is 7.55. The van der Waals surface area contributed by atoms with Gasteiger partial charge in [-0.25, -0.2) is 9.67 Å². The maximum atomic E-state index is 13.3. The van der Waals surface area contributed by atoms with E-state index in [0.717, 1.165) is 35.7 Å². The summed E-state index contributed by atoms with van der Waals surface area (Å²) in [5.74, 6) is 1.01. The average molecular weight is 397 g/mol. The Balaban J connectivity index is 1.36. The van der Waals surface area contributed by atoms with E-state index in [0.29, 0.717) is 18.8 Å². The molecule has 0 aliphatic carbocycles. The van der Waals surface area contributed by atoms with E-state index >= 15 is 0 Å². The average Bonchev–Trinajstić information content (AvgIpc) is 3.20. The van der Waals surface area contributed by atoms with Crippen LogP contribution in [-0.4, -0.2) is 51.8 Å². The van der Waals surface area contributed by atoms with Crippen LogP contribution >= 0.6 is 0 Å². The third kappa shape index (κ3) is 3.30. The highest BCUT2D eigenvalue weighted by Gasteiger charge is 2.26. The van der Waals surface area contributed by atoms with Gasteiger partial charge in [0.15, 0.2) is 0 Å². The molecule has 5 rings (SSSR count). The van der Waals surface area contributed by atoms with Crippen LogP contribution in [0.25, 0.3) is 16.5 Å². The molecule has 2 aromatic carbocycles. The van der Waals surface area contributed by atoms with Crippen LogP contribution in [-0.2, 0) is 0 Å². The Morgan fingerprint density at radius 1 is 0.900 bits per heavy atom. The van der Waals surface area contributed by atoms with Gasteiger partial charge in [0.1, 0.15) is 11.5 Å². The van der Waals surface area contributed by atoms with Gasteiger partial charge in [-0.2, -0.15) is 5.10 Å². The van der Waals surface area contributed by atoms with Crippen LogP contribution in [0.3, 0.4) is 0 Å². The Morgan fingerprint density at radius 2 is 1.63 bits per heavy atom. The maximum Gasteiger partial charge on any atom is 0.272 e. The molecule has 2 aromatic heterocycles. The summed E-state index contributed by atoms with van der Waals surface area (Å²) in [6.45, 7) is 4.74. The minimum Gasteiger partial charge on any atom is -0.353 e. The summed E-state index contributed by atoms with van der Waals surface area (Å²) in [5.41, 5.74) is 2.34. The van der Waals surface area contributed by atoms with Crippen LogP contribution in [0.4, 0.5) is 5.82 Å². The summed E-state index contributed by atoms with van der Waals surface area (Å²) in [7, 11) is 0. The topological polar surface area (TPSA) is 54.3 Å². The van der Waals surface area contributed by atoms with Crippen LogP contribution in [0.2, 0.25) is 0 Å². The number of benzene rings is 2. The molecule has 0 spiro atoms. The summed E-state index contributed by atoms with van der Waals surface area (Å²) < 4.78 is 1.75. The predicted molar refractivity (Wildman–Crippen MR) is 118 cm³/mol. The Hall–Kier alpha value is -3.67. The van der Waals surface area contributed by atoms with E-state index in [1.807, 2.05) is 72.6 Å². The molecule has 6 heteroatoms. The fourth-order valence-corrected chi connectivity index (χ4v) is 4.06. The molecule has 0 bridgehead atoms. The van der Waals surface area contributed by atoms with Gasteiger partial charge in [0.2, 0.25) is 0 Å². The summed E-state index contributed by atoms with van der Waals surface area (Å²) >= 11 is 0. The number of rotatable bonds is 3. The Labute approximate surface area is 175 Å². The molecular weight excluding hydrogens is 374 g/mol.